The average molecular weight is 199 g/mol. The van der Waals surface area contributed by atoms with Gasteiger partial charge in [-0.05, 0) is 24.4 Å². The highest BCUT2D eigenvalue weighted by Crippen LogP contribution is 2.14. The van der Waals surface area contributed by atoms with E-state index < -0.39 is 0 Å². The number of unbranched alkanes of at least 4 members (excludes halogenated alkanes) is 1. The third-order valence-electron chi connectivity index (χ3n) is 1.72. The summed E-state index contributed by atoms with van der Waals surface area (Å²) in [7, 11) is 0. The molecule has 0 saturated carbocycles. The molecule has 0 radical (unpaired) electrons. The Labute approximate surface area is 79.9 Å². The zero-order valence-corrected chi connectivity index (χ0v) is 8.67. The summed E-state index contributed by atoms with van der Waals surface area (Å²) >= 11 is 5.34. The van der Waals surface area contributed by atoms with Crippen molar-refractivity contribution in [2.24, 2.45) is 5.92 Å². The molecule has 68 valence electrons. The lowest BCUT2D eigenvalue weighted by molar-refractivity contribution is -0.115. The molecule has 0 aliphatic heterocycles. The van der Waals surface area contributed by atoms with Crippen molar-refractivity contribution in [2.45, 2.75) is 39.5 Å². The van der Waals surface area contributed by atoms with Gasteiger partial charge in [-0.15, -0.1) is 12.4 Å². The summed E-state index contributed by atoms with van der Waals surface area (Å²) in [5, 5.41) is -0.170. The van der Waals surface area contributed by atoms with Crippen LogP contribution in [0.25, 0.3) is 0 Å². The molecule has 0 aliphatic carbocycles. The fourth-order valence-electron chi connectivity index (χ4n) is 0.929. The molecule has 0 rings (SSSR count). The van der Waals surface area contributed by atoms with Crippen molar-refractivity contribution >= 4 is 29.3 Å². The van der Waals surface area contributed by atoms with Crippen LogP contribution in [0.4, 0.5) is 0 Å². The van der Waals surface area contributed by atoms with Gasteiger partial charge in [-0.3, -0.25) is 4.79 Å². The number of carbonyl (C=O) groups excluding carboxylic acids is 1. The molecule has 0 aromatic heterocycles. The van der Waals surface area contributed by atoms with E-state index in [1.54, 1.807) is 0 Å². The lowest BCUT2D eigenvalue weighted by atomic mass is 10.0. The predicted octanol–water partition coefficient (Wildman–Crippen LogP) is 3.39. The first-order valence-corrected chi connectivity index (χ1v) is 4.29. The van der Waals surface area contributed by atoms with E-state index in [9.17, 15) is 4.79 Å². The summed E-state index contributed by atoms with van der Waals surface area (Å²) in [6.07, 6.45) is 4.08. The van der Waals surface area contributed by atoms with Crippen LogP contribution < -0.4 is 0 Å². The van der Waals surface area contributed by atoms with Crippen molar-refractivity contribution in [2.75, 3.05) is 0 Å². The molecule has 1 nitrogen and oxygen atoms in total. The first kappa shape index (κ1) is 13.8. The normalized spacial score (nSPS) is 11.9. The largest absolute Gasteiger partial charge is 0.281 e. The van der Waals surface area contributed by atoms with Gasteiger partial charge in [-0.25, -0.2) is 0 Å². The molecule has 0 saturated heterocycles. The first-order chi connectivity index (χ1) is 4.72. The van der Waals surface area contributed by atoms with Gasteiger partial charge >= 0.3 is 0 Å². The number of rotatable bonds is 5. The molecular weight excluding hydrogens is 183 g/mol. The maximum absolute atomic E-state index is 10.6. The van der Waals surface area contributed by atoms with Gasteiger partial charge in [0.15, 0.2) is 0 Å². The lowest BCUT2D eigenvalue weighted by Crippen LogP contribution is -2.06. The van der Waals surface area contributed by atoms with Crippen LogP contribution in [0.1, 0.15) is 39.5 Å². The average Bonchev–Trinajstić information content (AvgIpc) is 1.89. The van der Waals surface area contributed by atoms with Crippen LogP contribution in [-0.4, -0.2) is 5.24 Å². The van der Waals surface area contributed by atoms with Gasteiger partial charge in [-0.1, -0.05) is 26.7 Å². The summed E-state index contributed by atoms with van der Waals surface area (Å²) in [6, 6.07) is 0. The van der Waals surface area contributed by atoms with Gasteiger partial charge < -0.3 is 0 Å². The molecule has 0 aromatic rings. The van der Waals surface area contributed by atoms with Crippen LogP contribution in [-0.2, 0) is 4.79 Å². The smallest absolute Gasteiger partial charge is 0.224 e. The standard InChI is InChI=1S/C8H15ClO.ClH/c1-3-5-6-7(4-2)8(9)10;/h7H,3-6H2,1-2H3;1H. The summed E-state index contributed by atoms with van der Waals surface area (Å²) in [5.74, 6) is 0.0987. The van der Waals surface area contributed by atoms with Gasteiger partial charge in [0.25, 0.3) is 0 Å². The highest BCUT2D eigenvalue weighted by atomic mass is 35.5. The predicted molar refractivity (Wildman–Crippen MR) is 51.4 cm³/mol. The Balaban J connectivity index is 0. The maximum Gasteiger partial charge on any atom is 0.224 e. The van der Waals surface area contributed by atoms with E-state index in [0.29, 0.717) is 0 Å². The van der Waals surface area contributed by atoms with Crippen LogP contribution in [0, 0.1) is 5.92 Å². The van der Waals surface area contributed by atoms with Crippen molar-refractivity contribution < 1.29 is 4.79 Å². The van der Waals surface area contributed by atoms with E-state index in [-0.39, 0.29) is 23.6 Å². The zero-order chi connectivity index (χ0) is 7.98. The molecular formula is C8H16Cl2O. The highest BCUT2D eigenvalue weighted by molar-refractivity contribution is 6.63. The Morgan fingerprint density at radius 2 is 2.00 bits per heavy atom. The molecule has 0 aromatic carbocycles. The number of halogens is 2. The Kier molecular flexibility index (Phi) is 10.5. The molecule has 0 bridgehead atoms. The van der Waals surface area contributed by atoms with E-state index in [1.165, 1.54) is 0 Å². The SMILES string of the molecule is CCCCC(CC)C(=O)Cl.Cl. The molecule has 0 N–H and O–H groups in total. The molecule has 0 amide bonds. The van der Waals surface area contributed by atoms with E-state index in [2.05, 4.69) is 6.92 Å². The molecule has 0 fully saturated rings. The van der Waals surface area contributed by atoms with Gasteiger partial charge in [0, 0.05) is 5.92 Å². The second-order valence-corrected chi connectivity index (χ2v) is 2.92. The van der Waals surface area contributed by atoms with E-state index in [4.69, 9.17) is 11.6 Å². The molecule has 11 heavy (non-hydrogen) atoms. The maximum atomic E-state index is 10.6. The van der Waals surface area contributed by atoms with Crippen molar-refractivity contribution in [3.8, 4) is 0 Å². The lowest BCUT2D eigenvalue weighted by Gasteiger charge is -2.06. The summed E-state index contributed by atoms with van der Waals surface area (Å²) < 4.78 is 0. The van der Waals surface area contributed by atoms with Crippen LogP contribution in [0.15, 0.2) is 0 Å². The van der Waals surface area contributed by atoms with Crippen molar-refractivity contribution in [1.29, 1.82) is 0 Å². The number of hydrogen-bond acceptors (Lipinski definition) is 1. The molecule has 3 heteroatoms. The third-order valence-corrected chi connectivity index (χ3v) is 2.03. The van der Waals surface area contributed by atoms with Crippen molar-refractivity contribution in [3.05, 3.63) is 0 Å². The van der Waals surface area contributed by atoms with Crippen LogP contribution in [0.3, 0.4) is 0 Å². The van der Waals surface area contributed by atoms with Gasteiger partial charge in [-0.2, -0.15) is 0 Å². The minimum atomic E-state index is -0.170. The topological polar surface area (TPSA) is 17.1 Å². The zero-order valence-electron chi connectivity index (χ0n) is 7.10. The molecule has 0 spiro atoms. The number of hydrogen-bond donors (Lipinski definition) is 0. The summed E-state index contributed by atoms with van der Waals surface area (Å²) in [5.41, 5.74) is 0. The summed E-state index contributed by atoms with van der Waals surface area (Å²) in [4.78, 5) is 10.6. The van der Waals surface area contributed by atoms with Gasteiger partial charge in [0.2, 0.25) is 5.24 Å². The van der Waals surface area contributed by atoms with Crippen LogP contribution in [0.5, 0.6) is 0 Å². The van der Waals surface area contributed by atoms with Crippen molar-refractivity contribution in [3.63, 3.8) is 0 Å². The van der Waals surface area contributed by atoms with Crippen LogP contribution >= 0.6 is 24.0 Å². The monoisotopic (exact) mass is 198 g/mol. The third kappa shape index (κ3) is 6.64. The molecule has 1 unspecified atom stereocenters. The van der Waals surface area contributed by atoms with Gasteiger partial charge in [0.05, 0.1) is 0 Å². The fraction of sp³-hybridized carbons (Fsp3) is 0.875. The summed E-state index contributed by atoms with van der Waals surface area (Å²) in [6.45, 7) is 4.12. The Hall–Kier alpha value is 0.250. The van der Waals surface area contributed by atoms with E-state index in [0.717, 1.165) is 25.7 Å². The molecule has 1 atom stereocenters. The van der Waals surface area contributed by atoms with Crippen LogP contribution in [0.2, 0.25) is 0 Å². The molecule has 0 heterocycles. The van der Waals surface area contributed by atoms with Crippen molar-refractivity contribution in [1.82, 2.24) is 0 Å². The second kappa shape index (κ2) is 8.35. The quantitative estimate of drug-likeness (QED) is 0.620. The second-order valence-electron chi connectivity index (χ2n) is 2.55. The van der Waals surface area contributed by atoms with E-state index in [1.807, 2.05) is 6.92 Å². The Morgan fingerprint density at radius 1 is 1.45 bits per heavy atom. The minimum absolute atomic E-state index is 0. The van der Waals surface area contributed by atoms with E-state index >= 15 is 0 Å². The Bertz CT molecular complexity index is 104. The van der Waals surface area contributed by atoms with Gasteiger partial charge in [0.1, 0.15) is 0 Å². The first-order valence-electron chi connectivity index (χ1n) is 3.91. The molecule has 0 aliphatic rings. The Morgan fingerprint density at radius 3 is 2.27 bits per heavy atom. The highest BCUT2D eigenvalue weighted by Gasteiger charge is 2.11. The minimum Gasteiger partial charge on any atom is -0.281 e. The fourth-order valence-corrected chi connectivity index (χ4v) is 1.19. The number of carbonyl (C=O) groups is 1.